The van der Waals surface area contributed by atoms with Crippen LogP contribution in [0.25, 0.3) is 0 Å². The summed E-state index contributed by atoms with van der Waals surface area (Å²) in [6.45, 7) is -0.170. The number of nitrogens with two attached hydrogens (primary N) is 1. The summed E-state index contributed by atoms with van der Waals surface area (Å²) in [7, 11) is 0. The van der Waals surface area contributed by atoms with E-state index in [2.05, 4.69) is 15.5 Å². The molecule has 0 amide bonds. The van der Waals surface area contributed by atoms with Gasteiger partial charge in [0.05, 0.1) is 11.6 Å². The van der Waals surface area contributed by atoms with Gasteiger partial charge in [0.25, 0.3) is 0 Å². The van der Waals surface area contributed by atoms with Crippen LogP contribution in [0.2, 0.25) is 0 Å². The summed E-state index contributed by atoms with van der Waals surface area (Å²) in [5.41, 5.74) is 4.79. The summed E-state index contributed by atoms with van der Waals surface area (Å²) >= 11 is 1.24. The molecule has 0 spiro atoms. The monoisotopic (exact) mass is 315 g/mol. The first-order chi connectivity index (χ1) is 9.99. The molecule has 5 nitrogen and oxygen atoms in total. The Labute approximate surface area is 122 Å². The average Bonchev–Trinajstić information content (AvgIpc) is 3.18. The molecular formula is C12H12F3N5S. The Morgan fingerprint density at radius 3 is 2.71 bits per heavy atom. The molecule has 1 aromatic heterocycles. The minimum atomic E-state index is -4.40. The first-order valence-corrected chi connectivity index (χ1v) is 7.16. The van der Waals surface area contributed by atoms with Gasteiger partial charge in [-0.2, -0.15) is 13.2 Å². The predicted octanol–water partition coefficient (Wildman–Crippen LogP) is 2.64. The van der Waals surface area contributed by atoms with Crippen LogP contribution < -0.4 is 5.73 Å². The van der Waals surface area contributed by atoms with E-state index in [1.54, 1.807) is 4.68 Å². The van der Waals surface area contributed by atoms with E-state index in [1.165, 1.54) is 23.9 Å². The van der Waals surface area contributed by atoms with Gasteiger partial charge in [-0.15, -0.1) is 5.10 Å². The summed E-state index contributed by atoms with van der Waals surface area (Å²) in [6.07, 6.45) is -2.34. The maximum atomic E-state index is 12.8. The van der Waals surface area contributed by atoms with E-state index in [0.717, 1.165) is 18.9 Å². The lowest BCUT2D eigenvalue weighted by Crippen LogP contribution is -2.11. The van der Waals surface area contributed by atoms with Crippen LogP contribution in [-0.2, 0) is 12.7 Å². The number of hydrogen-bond donors (Lipinski definition) is 1. The van der Waals surface area contributed by atoms with Crippen molar-refractivity contribution in [3.05, 3.63) is 29.3 Å². The fourth-order valence-electron chi connectivity index (χ4n) is 1.99. The van der Waals surface area contributed by atoms with Crippen molar-refractivity contribution in [1.82, 2.24) is 20.2 Å². The van der Waals surface area contributed by atoms with Crippen LogP contribution in [0.4, 0.5) is 13.2 Å². The lowest BCUT2D eigenvalue weighted by Gasteiger charge is -2.12. The third-order valence-corrected chi connectivity index (χ3v) is 4.11. The van der Waals surface area contributed by atoms with Crippen molar-refractivity contribution in [2.24, 2.45) is 5.73 Å². The van der Waals surface area contributed by atoms with Crippen LogP contribution in [0.15, 0.2) is 28.3 Å². The highest BCUT2D eigenvalue weighted by atomic mass is 32.2. The number of benzene rings is 1. The quantitative estimate of drug-likeness (QED) is 0.939. The minimum absolute atomic E-state index is 0.0675. The Kier molecular flexibility index (Phi) is 3.62. The zero-order valence-electron chi connectivity index (χ0n) is 10.8. The van der Waals surface area contributed by atoms with Gasteiger partial charge in [0.1, 0.15) is 0 Å². The molecule has 1 heterocycles. The van der Waals surface area contributed by atoms with Gasteiger partial charge in [0, 0.05) is 11.4 Å². The van der Waals surface area contributed by atoms with Crippen molar-refractivity contribution >= 4 is 11.8 Å². The van der Waals surface area contributed by atoms with Gasteiger partial charge in [-0.05, 0) is 58.8 Å². The number of tetrazole rings is 1. The number of aromatic nitrogens is 4. The Bertz CT molecular complexity index is 651. The lowest BCUT2D eigenvalue weighted by atomic mass is 10.1. The first-order valence-electron chi connectivity index (χ1n) is 6.35. The smallest absolute Gasteiger partial charge is 0.326 e. The van der Waals surface area contributed by atoms with Crippen molar-refractivity contribution in [2.75, 3.05) is 0 Å². The second-order valence-electron chi connectivity index (χ2n) is 4.76. The molecule has 0 saturated heterocycles. The SMILES string of the molecule is NCc1cc(Sc2nnnn2C2CC2)ccc1C(F)(F)F. The number of halogens is 3. The fraction of sp³-hybridized carbons (Fsp3) is 0.417. The first kappa shape index (κ1) is 14.3. The van der Waals surface area contributed by atoms with Gasteiger partial charge >= 0.3 is 6.18 Å². The maximum Gasteiger partial charge on any atom is 0.416 e. The van der Waals surface area contributed by atoms with Gasteiger partial charge in [0.2, 0.25) is 5.16 Å². The molecule has 2 N–H and O–H groups in total. The largest absolute Gasteiger partial charge is 0.416 e. The highest BCUT2D eigenvalue weighted by Crippen LogP contribution is 2.39. The zero-order chi connectivity index (χ0) is 15.0. The molecule has 0 aliphatic heterocycles. The average molecular weight is 315 g/mol. The number of rotatable bonds is 4. The molecule has 0 radical (unpaired) electrons. The molecule has 0 unspecified atom stereocenters. The molecule has 0 atom stereocenters. The van der Waals surface area contributed by atoms with Crippen molar-refractivity contribution in [2.45, 2.75) is 41.7 Å². The van der Waals surface area contributed by atoms with Crippen molar-refractivity contribution in [1.29, 1.82) is 0 Å². The third-order valence-electron chi connectivity index (χ3n) is 3.17. The summed E-state index contributed by atoms with van der Waals surface area (Å²) in [4.78, 5) is 0.639. The highest BCUT2D eigenvalue weighted by molar-refractivity contribution is 7.99. The summed E-state index contributed by atoms with van der Waals surface area (Å²) in [5, 5.41) is 12.0. The van der Waals surface area contributed by atoms with E-state index in [4.69, 9.17) is 5.73 Å². The summed E-state index contributed by atoms with van der Waals surface area (Å²) in [6, 6.07) is 4.22. The molecule has 9 heteroatoms. The fourth-order valence-corrected chi connectivity index (χ4v) is 2.89. The standard InChI is InChI=1S/C12H12F3N5S/c13-12(14,15)10-4-3-9(5-7(10)6-16)21-11-17-18-19-20(11)8-1-2-8/h3-5,8H,1-2,6,16H2. The van der Waals surface area contributed by atoms with E-state index in [9.17, 15) is 13.2 Å². The van der Waals surface area contributed by atoms with E-state index in [-0.39, 0.29) is 12.1 Å². The zero-order valence-corrected chi connectivity index (χ0v) is 11.7. The molecule has 1 aromatic carbocycles. The van der Waals surface area contributed by atoms with Gasteiger partial charge in [-0.3, -0.25) is 0 Å². The molecule has 1 saturated carbocycles. The van der Waals surface area contributed by atoms with Crippen molar-refractivity contribution in [3.8, 4) is 0 Å². The van der Waals surface area contributed by atoms with Gasteiger partial charge in [-0.1, -0.05) is 0 Å². The van der Waals surface area contributed by atoms with Crippen LogP contribution in [0, 0.1) is 0 Å². The Balaban J connectivity index is 1.87. The van der Waals surface area contributed by atoms with Gasteiger partial charge in [0.15, 0.2) is 0 Å². The second-order valence-corrected chi connectivity index (χ2v) is 5.80. The van der Waals surface area contributed by atoms with E-state index >= 15 is 0 Å². The molecule has 1 aliphatic carbocycles. The molecule has 112 valence electrons. The van der Waals surface area contributed by atoms with Crippen molar-refractivity contribution < 1.29 is 13.2 Å². The molecule has 0 bridgehead atoms. The Hall–Kier alpha value is -1.61. The van der Waals surface area contributed by atoms with Gasteiger partial charge < -0.3 is 5.73 Å². The van der Waals surface area contributed by atoms with Crippen LogP contribution in [0.5, 0.6) is 0 Å². The van der Waals surface area contributed by atoms with Gasteiger partial charge in [-0.25, -0.2) is 4.68 Å². The Morgan fingerprint density at radius 2 is 2.10 bits per heavy atom. The molecule has 3 rings (SSSR count). The molecular weight excluding hydrogens is 303 g/mol. The van der Waals surface area contributed by atoms with Crippen LogP contribution >= 0.6 is 11.8 Å². The summed E-state index contributed by atoms with van der Waals surface area (Å²) in [5.74, 6) is 0. The number of alkyl halides is 3. The minimum Gasteiger partial charge on any atom is -0.326 e. The predicted molar refractivity (Wildman–Crippen MR) is 69.5 cm³/mol. The normalized spacial score (nSPS) is 15.4. The number of hydrogen-bond acceptors (Lipinski definition) is 5. The van der Waals surface area contributed by atoms with Crippen molar-refractivity contribution in [3.63, 3.8) is 0 Å². The maximum absolute atomic E-state index is 12.8. The summed E-state index contributed by atoms with van der Waals surface area (Å²) < 4.78 is 40.2. The Morgan fingerprint density at radius 1 is 1.33 bits per heavy atom. The van der Waals surface area contributed by atoms with Crippen LogP contribution in [0.3, 0.4) is 0 Å². The van der Waals surface area contributed by atoms with E-state index < -0.39 is 11.7 Å². The topological polar surface area (TPSA) is 69.6 Å². The lowest BCUT2D eigenvalue weighted by molar-refractivity contribution is -0.138. The van der Waals surface area contributed by atoms with Crippen LogP contribution in [-0.4, -0.2) is 20.2 Å². The highest BCUT2D eigenvalue weighted by Gasteiger charge is 2.33. The van der Waals surface area contributed by atoms with E-state index in [0.29, 0.717) is 16.1 Å². The second kappa shape index (κ2) is 5.30. The van der Waals surface area contributed by atoms with E-state index in [1.807, 2.05) is 0 Å². The van der Waals surface area contributed by atoms with Crippen LogP contribution in [0.1, 0.15) is 30.0 Å². The molecule has 1 aliphatic rings. The number of nitrogens with zero attached hydrogens (tertiary/aromatic N) is 4. The molecule has 2 aromatic rings. The third kappa shape index (κ3) is 3.03. The molecule has 1 fully saturated rings. The molecule has 21 heavy (non-hydrogen) atoms.